The van der Waals surface area contributed by atoms with Crippen LogP contribution in [0.3, 0.4) is 0 Å². The van der Waals surface area contributed by atoms with E-state index in [1.54, 1.807) is 86.9 Å². The van der Waals surface area contributed by atoms with E-state index in [4.69, 9.17) is 42.6 Å². The Morgan fingerprint density at radius 1 is 0.829 bits per heavy atom. The zero-order valence-electron chi connectivity index (χ0n) is 50.6. The number of alkyl carbamates (subject to hydrolysis) is 2. The van der Waals surface area contributed by atoms with E-state index in [2.05, 4.69) is 16.0 Å². The van der Waals surface area contributed by atoms with Crippen molar-refractivity contribution in [2.75, 3.05) is 55.0 Å². The van der Waals surface area contributed by atoms with Crippen molar-refractivity contribution in [1.29, 1.82) is 0 Å². The molecule has 3 heterocycles. The monoisotopic (exact) mass is 1170 g/mol. The van der Waals surface area contributed by atoms with Crippen molar-refractivity contribution in [2.24, 2.45) is 17.8 Å². The summed E-state index contributed by atoms with van der Waals surface area (Å²) in [7, 11) is 8.48. The Bertz CT molecular complexity index is 2390. The SMILES string of the molecule is CC[C@H]1OC(=O)[C@H](C)[C@@H](O[C@H]2C[C@@](C)(OC)[C@@H](OC(=O)NCCCCNC(=O)c3ccc(OC)cc3)[C@H](C)O2)[C@H](C)[C@@H](O[C@@H]2O[C@H](C)C[C@H](N(C)C)[C@H]2O)[C@](C)(O)C[C@@H](C)CN(C)[C@H](C)[C@@H](OC(=O)NCc2ccc(F)c(F)c2)[C@]1(C)O. The molecule has 0 spiro atoms. The normalized spacial score (nSPS) is 35.3. The molecule has 18 atom stereocenters. The molecule has 3 aliphatic heterocycles. The minimum absolute atomic E-state index is 0.0240. The van der Waals surface area contributed by atoms with Crippen molar-refractivity contribution in [3.05, 3.63) is 65.2 Å². The Kier molecular flexibility index (Phi) is 24.7. The van der Waals surface area contributed by atoms with Gasteiger partial charge in [-0.1, -0.05) is 26.8 Å². The molecule has 0 radical (unpaired) electrons. The minimum Gasteiger partial charge on any atom is -0.497 e. The lowest BCUT2D eigenvalue weighted by Gasteiger charge is -2.49. The van der Waals surface area contributed by atoms with Crippen LogP contribution in [0.15, 0.2) is 42.5 Å². The van der Waals surface area contributed by atoms with E-state index in [9.17, 15) is 43.3 Å². The summed E-state index contributed by atoms with van der Waals surface area (Å²) in [4.78, 5) is 58.3. The molecule has 0 saturated carbocycles. The first-order chi connectivity index (χ1) is 38.5. The molecule has 0 aliphatic carbocycles. The van der Waals surface area contributed by atoms with Gasteiger partial charge in [0.15, 0.2) is 36.4 Å². The van der Waals surface area contributed by atoms with E-state index in [-0.39, 0.29) is 68.4 Å². The quantitative estimate of drug-likeness (QED) is 0.0563. The molecule has 3 amide bonds. The second-order valence-corrected chi connectivity index (χ2v) is 23.6. The fourth-order valence-corrected chi connectivity index (χ4v) is 11.8. The lowest BCUT2D eigenvalue weighted by Crippen LogP contribution is -2.61. The minimum atomic E-state index is -2.06. The zero-order valence-corrected chi connectivity index (χ0v) is 50.6. The third kappa shape index (κ3) is 17.6. The van der Waals surface area contributed by atoms with Crippen LogP contribution in [-0.4, -0.2) is 194 Å². The van der Waals surface area contributed by atoms with E-state index >= 15 is 0 Å². The number of methoxy groups -OCH3 is 2. The average Bonchev–Trinajstić information content (AvgIpc) is 3.46. The van der Waals surface area contributed by atoms with Gasteiger partial charge in [0.25, 0.3) is 5.91 Å². The molecule has 5 rings (SSSR count). The number of cyclic esters (lactones) is 1. The lowest BCUT2D eigenvalue weighted by molar-refractivity contribution is -0.317. The Labute approximate surface area is 482 Å². The molecule has 0 aromatic heterocycles. The van der Waals surface area contributed by atoms with Crippen molar-refractivity contribution in [3.8, 4) is 5.75 Å². The highest BCUT2D eigenvalue weighted by Gasteiger charge is 2.54. The number of carbonyl (C=O) groups excluding carboxylic acids is 4. The molecule has 6 N–H and O–H groups in total. The second-order valence-electron chi connectivity index (χ2n) is 23.6. The van der Waals surface area contributed by atoms with Crippen LogP contribution in [0.2, 0.25) is 0 Å². The van der Waals surface area contributed by atoms with Crippen LogP contribution in [0, 0.1) is 29.4 Å². The standard InChI is InChI=1S/C59H93F2N5O16/c1-16-45-59(10,73)50(81-56(71)64-31-39-19-24-42(60)43(61)28-39)37(6)66(13)32-33(2)29-57(8,72)49(80-54-47(67)44(65(11)12)27-34(3)76-54)35(4)48(36(5)53(69)78-45)79-46-30-58(9,75-15)51(38(7)77-46)82-55(70)63-26-18-17-25-62-52(68)40-20-22-41(74-14)23-21-40/h19-24,28,33-38,44-51,54,67,72-73H,16-18,25-27,29-32H2,1-15H3,(H,62,68)(H,63,70)(H,64,71)/t33-,34-,35+,36-,37-,38+,44+,45-,46+,47-,48+,49-,50-,51+,54+,57-,58-,59-/m1/s1. The predicted molar refractivity (Wildman–Crippen MR) is 298 cm³/mol. The molecule has 3 saturated heterocycles. The van der Waals surface area contributed by atoms with Crippen LogP contribution in [0.25, 0.3) is 0 Å². The molecular weight excluding hydrogens is 1070 g/mol. The van der Waals surface area contributed by atoms with E-state index in [0.717, 1.165) is 12.1 Å². The Morgan fingerprint density at radius 2 is 1.46 bits per heavy atom. The van der Waals surface area contributed by atoms with Crippen molar-refractivity contribution in [2.45, 2.75) is 205 Å². The molecular formula is C59H93F2N5O16. The number of benzene rings is 2. The first-order valence-corrected chi connectivity index (χ1v) is 28.6. The van der Waals surface area contributed by atoms with Gasteiger partial charge < -0.3 is 78.8 Å². The number of nitrogens with one attached hydrogen (secondary N) is 3. The maximum absolute atomic E-state index is 15.0. The summed E-state index contributed by atoms with van der Waals surface area (Å²) in [6, 6.07) is 8.81. The molecule has 464 valence electrons. The average molecular weight is 1170 g/mol. The molecule has 0 unspecified atom stereocenters. The number of hydrogen-bond acceptors (Lipinski definition) is 18. The van der Waals surface area contributed by atoms with E-state index in [0.29, 0.717) is 37.1 Å². The van der Waals surface area contributed by atoms with Crippen LogP contribution in [0.4, 0.5) is 18.4 Å². The summed E-state index contributed by atoms with van der Waals surface area (Å²) in [5.74, 6) is -5.04. The molecule has 0 bridgehead atoms. The van der Waals surface area contributed by atoms with Crippen molar-refractivity contribution < 1.29 is 85.9 Å². The predicted octanol–water partition coefficient (Wildman–Crippen LogP) is 6.07. The maximum Gasteiger partial charge on any atom is 0.407 e. The number of esters is 1. The molecule has 2 aromatic carbocycles. The highest BCUT2D eigenvalue weighted by molar-refractivity contribution is 5.94. The number of likely N-dealkylation sites (N-methyl/N-ethyl adjacent to an activating group) is 2. The van der Waals surface area contributed by atoms with Crippen LogP contribution in [0.5, 0.6) is 5.75 Å². The molecule has 3 aliphatic rings. The largest absolute Gasteiger partial charge is 0.497 e. The molecule has 21 nitrogen and oxygen atoms in total. The number of aliphatic hydroxyl groups excluding tert-OH is 1. The van der Waals surface area contributed by atoms with Gasteiger partial charge in [0, 0.05) is 63.3 Å². The number of ether oxygens (including phenoxy) is 9. The van der Waals surface area contributed by atoms with Crippen LogP contribution < -0.4 is 20.7 Å². The zero-order chi connectivity index (χ0) is 61.0. The van der Waals surface area contributed by atoms with E-state index in [1.165, 1.54) is 20.1 Å². The molecule has 2 aromatic rings. The first kappa shape index (κ1) is 68.0. The van der Waals surface area contributed by atoms with Crippen LogP contribution in [0.1, 0.15) is 124 Å². The summed E-state index contributed by atoms with van der Waals surface area (Å²) in [6.45, 7) is 17.7. The Hall–Kier alpha value is -4.82. The lowest BCUT2D eigenvalue weighted by atomic mass is 9.77. The number of aliphatic hydroxyl groups is 3. The van der Waals surface area contributed by atoms with Crippen LogP contribution >= 0.6 is 0 Å². The number of amides is 3. The summed E-state index contributed by atoms with van der Waals surface area (Å²) in [5, 5.41) is 45.6. The summed E-state index contributed by atoms with van der Waals surface area (Å²) >= 11 is 0. The van der Waals surface area contributed by atoms with Crippen molar-refractivity contribution >= 4 is 24.1 Å². The third-order valence-electron chi connectivity index (χ3n) is 16.5. The third-order valence-corrected chi connectivity index (χ3v) is 16.5. The molecule has 82 heavy (non-hydrogen) atoms. The Balaban J connectivity index is 1.42. The van der Waals surface area contributed by atoms with Gasteiger partial charge in [0.1, 0.15) is 29.2 Å². The highest BCUT2D eigenvalue weighted by Crippen LogP contribution is 2.41. The number of unbranched alkanes of at least 4 members (excludes halogenated alkanes) is 1. The smallest absolute Gasteiger partial charge is 0.407 e. The van der Waals surface area contributed by atoms with Crippen molar-refractivity contribution in [3.63, 3.8) is 0 Å². The fourth-order valence-electron chi connectivity index (χ4n) is 11.8. The Morgan fingerprint density at radius 3 is 2.07 bits per heavy atom. The van der Waals surface area contributed by atoms with Gasteiger partial charge in [0.05, 0.1) is 43.0 Å². The summed E-state index contributed by atoms with van der Waals surface area (Å²) in [6.07, 6.45) is -10.8. The second kappa shape index (κ2) is 29.8. The van der Waals surface area contributed by atoms with Crippen molar-refractivity contribution in [1.82, 2.24) is 25.8 Å². The van der Waals surface area contributed by atoms with Gasteiger partial charge in [0.2, 0.25) is 0 Å². The number of carbonyl (C=O) groups is 4. The number of rotatable bonds is 18. The first-order valence-electron chi connectivity index (χ1n) is 28.6. The highest BCUT2D eigenvalue weighted by atomic mass is 19.2. The van der Waals surface area contributed by atoms with Crippen LogP contribution in [-0.2, 0) is 49.2 Å². The molecule has 3 fully saturated rings. The molecule has 23 heteroatoms. The van der Waals surface area contributed by atoms with Gasteiger partial charge in [-0.15, -0.1) is 0 Å². The summed E-state index contributed by atoms with van der Waals surface area (Å²) < 4.78 is 84.0. The topological polar surface area (TPSA) is 255 Å². The van der Waals surface area contributed by atoms with Gasteiger partial charge >= 0.3 is 18.2 Å². The van der Waals surface area contributed by atoms with Gasteiger partial charge in [-0.25, -0.2) is 18.4 Å². The number of hydrogen-bond donors (Lipinski definition) is 6. The van der Waals surface area contributed by atoms with Gasteiger partial charge in [-0.3, -0.25) is 14.5 Å². The van der Waals surface area contributed by atoms with Gasteiger partial charge in [-0.2, -0.15) is 0 Å². The maximum atomic E-state index is 15.0. The number of nitrogens with zero attached hydrogens (tertiary/aromatic N) is 2. The van der Waals surface area contributed by atoms with E-state index in [1.807, 2.05) is 37.7 Å². The van der Waals surface area contributed by atoms with Gasteiger partial charge in [-0.05, 0) is 150 Å². The number of halogens is 2. The summed E-state index contributed by atoms with van der Waals surface area (Å²) in [5.41, 5.74) is -4.28. The fraction of sp³-hybridized carbons (Fsp3) is 0.729. The van der Waals surface area contributed by atoms with E-state index < -0.39 is 120 Å².